The number of nitrogens with one attached hydrogen (secondary N) is 1. The van der Waals surface area contributed by atoms with Gasteiger partial charge in [0.25, 0.3) is 0 Å². The molecule has 130 valence electrons. The van der Waals surface area contributed by atoms with Crippen molar-refractivity contribution in [3.63, 3.8) is 0 Å². The fourth-order valence-electron chi connectivity index (χ4n) is 2.55. The highest BCUT2D eigenvalue weighted by Crippen LogP contribution is 2.30. The van der Waals surface area contributed by atoms with E-state index in [0.717, 1.165) is 32.3 Å². The van der Waals surface area contributed by atoms with Crippen molar-refractivity contribution in [3.05, 3.63) is 70.2 Å². The van der Waals surface area contributed by atoms with Crippen molar-refractivity contribution < 1.29 is 8.42 Å². The number of thiazole rings is 1. The molecule has 0 saturated heterocycles. The Labute approximate surface area is 152 Å². The minimum Gasteiger partial charge on any atom is -0.241 e. The Balaban J connectivity index is 1.81. The molecule has 0 spiro atoms. The first-order valence-electron chi connectivity index (χ1n) is 7.95. The molecule has 2 aromatic carbocycles. The normalized spacial score (nSPS) is 11.6. The number of hydrogen-bond donors (Lipinski definition) is 1. The Hall–Kier alpha value is -2.02. The van der Waals surface area contributed by atoms with Gasteiger partial charge in [-0.05, 0) is 44.0 Å². The molecule has 4 nitrogen and oxygen atoms in total. The maximum Gasteiger partial charge on any atom is 0.240 e. The van der Waals surface area contributed by atoms with Gasteiger partial charge < -0.3 is 0 Å². The highest BCUT2D eigenvalue weighted by Gasteiger charge is 2.16. The van der Waals surface area contributed by atoms with Crippen molar-refractivity contribution >= 4 is 21.4 Å². The van der Waals surface area contributed by atoms with E-state index in [4.69, 9.17) is 0 Å². The number of sulfonamides is 1. The van der Waals surface area contributed by atoms with Crippen LogP contribution in [0.25, 0.3) is 10.6 Å². The maximum atomic E-state index is 12.5. The van der Waals surface area contributed by atoms with E-state index in [9.17, 15) is 8.42 Å². The molecule has 1 heterocycles. The van der Waals surface area contributed by atoms with Crippen molar-refractivity contribution in [2.45, 2.75) is 32.2 Å². The fourth-order valence-corrected chi connectivity index (χ4v) is 4.83. The Morgan fingerprint density at radius 3 is 2.52 bits per heavy atom. The average Bonchev–Trinajstić information content (AvgIpc) is 2.94. The number of benzene rings is 2. The summed E-state index contributed by atoms with van der Waals surface area (Å²) in [6.07, 6.45) is 0. The van der Waals surface area contributed by atoms with Crippen molar-refractivity contribution in [2.75, 3.05) is 0 Å². The predicted octanol–water partition coefficient (Wildman–Crippen LogP) is 4.21. The molecule has 1 N–H and O–H groups in total. The van der Waals surface area contributed by atoms with Crippen LogP contribution in [-0.4, -0.2) is 13.4 Å². The second-order valence-corrected chi connectivity index (χ2v) is 8.83. The van der Waals surface area contributed by atoms with E-state index in [0.29, 0.717) is 0 Å². The topological polar surface area (TPSA) is 59.1 Å². The summed E-state index contributed by atoms with van der Waals surface area (Å²) in [6, 6.07) is 15.0. The molecule has 0 bridgehead atoms. The Morgan fingerprint density at radius 1 is 1.04 bits per heavy atom. The predicted molar refractivity (Wildman–Crippen MR) is 102 cm³/mol. The van der Waals surface area contributed by atoms with Gasteiger partial charge in [-0.2, -0.15) is 0 Å². The van der Waals surface area contributed by atoms with Crippen LogP contribution in [0.1, 0.15) is 21.7 Å². The zero-order valence-electron chi connectivity index (χ0n) is 14.4. The van der Waals surface area contributed by atoms with Crippen LogP contribution in [0.15, 0.2) is 53.4 Å². The van der Waals surface area contributed by atoms with Crippen LogP contribution in [0.5, 0.6) is 0 Å². The van der Waals surface area contributed by atoms with Crippen molar-refractivity contribution in [1.29, 1.82) is 0 Å². The van der Waals surface area contributed by atoms with E-state index in [1.165, 1.54) is 11.3 Å². The average molecular weight is 373 g/mol. The minimum atomic E-state index is -3.53. The van der Waals surface area contributed by atoms with Crippen LogP contribution in [0, 0.1) is 20.8 Å². The molecule has 3 rings (SSSR count). The zero-order chi connectivity index (χ0) is 18.0. The van der Waals surface area contributed by atoms with Crippen LogP contribution in [0.3, 0.4) is 0 Å². The lowest BCUT2D eigenvalue weighted by molar-refractivity contribution is 0.581. The first kappa shape index (κ1) is 17.8. The second-order valence-electron chi connectivity index (χ2n) is 5.98. The lowest BCUT2D eigenvalue weighted by Gasteiger charge is -2.06. The van der Waals surface area contributed by atoms with Gasteiger partial charge in [0.1, 0.15) is 5.01 Å². The van der Waals surface area contributed by atoms with Gasteiger partial charge in [0.2, 0.25) is 10.0 Å². The smallest absolute Gasteiger partial charge is 0.240 e. The monoisotopic (exact) mass is 372 g/mol. The van der Waals surface area contributed by atoms with Crippen LogP contribution in [0.4, 0.5) is 0 Å². The quantitative estimate of drug-likeness (QED) is 0.730. The Bertz CT molecular complexity index is 1010. The number of aromatic nitrogens is 1. The number of aryl methyl sites for hydroxylation is 3. The van der Waals surface area contributed by atoms with Gasteiger partial charge in [-0.1, -0.05) is 36.4 Å². The summed E-state index contributed by atoms with van der Waals surface area (Å²) < 4.78 is 27.6. The van der Waals surface area contributed by atoms with E-state index >= 15 is 0 Å². The highest BCUT2D eigenvalue weighted by atomic mass is 32.2. The van der Waals surface area contributed by atoms with E-state index in [1.807, 2.05) is 51.1 Å². The molecule has 0 aliphatic carbocycles. The molecule has 0 unspecified atom stereocenters. The molecule has 6 heteroatoms. The number of rotatable bonds is 5. The van der Waals surface area contributed by atoms with Gasteiger partial charge >= 0.3 is 0 Å². The number of nitrogens with zero attached hydrogens (tertiary/aromatic N) is 1. The molecule has 1 aromatic heterocycles. The largest absolute Gasteiger partial charge is 0.241 e. The van der Waals surface area contributed by atoms with E-state index in [2.05, 4.69) is 9.71 Å². The van der Waals surface area contributed by atoms with Crippen LogP contribution in [-0.2, 0) is 16.6 Å². The molecule has 0 fully saturated rings. The van der Waals surface area contributed by atoms with Gasteiger partial charge in [0.05, 0.1) is 10.6 Å². The van der Waals surface area contributed by atoms with Gasteiger partial charge in [-0.3, -0.25) is 0 Å². The zero-order valence-corrected chi connectivity index (χ0v) is 16.0. The summed E-state index contributed by atoms with van der Waals surface area (Å²) in [6.45, 7) is 6.08. The van der Waals surface area contributed by atoms with E-state index in [-0.39, 0.29) is 11.4 Å². The summed E-state index contributed by atoms with van der Waals surface area (Å²) in [7, 11) is -3.53. The van der Waals surface area contributed by atoms with Crippen LogP contribution < -0.4 is 4.72 Å². The number of hydrogen-bond acceptors (Lipinski definition) is 4. The van der Waals surface area contributed by atoms with Crippen molar-refractivity contribution in [3.8, 4) is 10.6 Å². The molecule has 0 aliphatic rings. The first-order chi connectivity index (χ1) is 11.9. The first-order valence-corrected chi connectivity index (χ1v) is 10.3. The van der Waals surface area contributed by atoms with E-state index in [1.54, 1.807) is 18.2 Å². The second kappa shape index (κ2) is 7.07. The lowest BCUT2D eigenvalue weighted by Crippen LogP contribution is -2.23. The Morgan fingerprint density at radius 2 is 1.80 bits per heavy atom. The Kier molecular flexibility index (Phi) is 5.03. The third-order valence-corrected chi connectivity index (χ3v) is 6.58. The molecular weight excluding hydrogens is 352 g/mol. The molecule has 0 amide bonds. The van der Waals surface area contributed by atoms with Gasteiger partial charge in [0, 0.05) is 17.0 Å². The fraction of sp³-hybridized carbons (Fsp3) is 0.211. The van der Waals surface area contributed by atoms with Gasteiger partial charge in [0.15, 0.2) is 0 Å². The standard InChI is InChI=1S/C19H20N2O2S2/c1-13-7-6-9-16(11-13)25(22,23)20-12-18-15(3)21-19(24-18)17-10-5-4-8-14(17)2/h4-11,20H,12H2,1-3H3. The molecule has 25 heavy (non-hydrogen) atoms. The molecule has 3 aromatic rings. The molecule has 0 atom stereocenters. The van der Waals surface area contributed by atoms with Crippen molar-refractivity contribution in [1.82, 2.24) is 9.71 Å². The third kappa shape index (κ3) is 3.98. The van der Waals surface area contributed by atoms with Crippen molar-refractivity contribution in [2.24, 2.45) is 0 Å². The maximum absolute atomic E-state index is 12.5. The summed E-state index contributed by atoms with van der Waals surface area (Å²) in [4.78, 5) is 5.82. The molecule has 0 radical (unpaired) electrons. The van der Waals surface area contributed by atoms with Gasteiger partial charge in [-0.25, -0.2) is 18.1 Å². The highest BCUT2D eigenvalue weighted by molar-refractivity contribution is 7.89. The summed E-state index contributed by atoms with van der Waals surface area (Å²) >= 11 is 1.53. The summed E-state index contributed by atoms with van der Waals surface area (Å²) in [5.41, 5.74) is 4.01. The van der Waals surface area contributed by atoms with Gasteiger partial charge in [-0.15, -0.1) is 11.3 Å². The molecular formula is C19H20N2O2S2. The van der Waals surface area contributed by atoms with Crippen LogP contribution >= 0.6 is 11.3 Å². The lowest BCUT2D eigenvalue weighted by atomic mass is 10.1. The minimum absolute atomic E-state index is 0.242. The summed E-state index contributed by atoms with van der Waals surface area (Å²) in [5, 5.41) is 0.917. The van der Waals surface area contributed by atoms with E-state index < -0.39 is 10.0 Å². The summed E-state index contributed by atoms with van der Waals surface area (Å²) in [5.74, 6) is 0. The molecule has 0 aliphatic heterocycles. The SMILES string of the molecule is Cc1cccc(S(=O)(=O)NCc2sc(-c3ccccc3C)nc2C)c1. The third-order valence-electron chi connectivity index (χ3n) is 3.99. The molecule has 0 saturated carbocycles. The van der Waals surface area contributed by atoms with Crippen LogP contribution in [0.2, 0.25) is 0 Å².